The molecule has 0 aliphatic carbocycles. The summed E-state index contributed by atoms with van der Waals surface area (Å²) in [6.45, 7) is 6.38. The summed E-state index contributed by atoms with van der Waals surface area (Å²) in [6.07, 6.45) is -2.39. The second kappa shape index (κ2) is 13.4. The normalized spacial score (nSPS) is 16.8. The molecule has 0 bridgehead atoms. The summed E-state index contributed by atoms with van der Waals surface area (Å²) < 4.78 is 42.6. The van der Waals surface area contributed by atoms with Gasteiger partial charge in [0.2, 0.25) is 0 Å². The van der Waals surface area contributed by atoms with E-state index in [1.54, 1.807) is 24.3 Å². The summed E-state index contributed by atoms with van der Waals surface area (Å²) in [7, 11) is 0. The van der Waals surface area contributed by atoms with Gasteiger partial charge in [-0.15, -0.1) is 18.3 Å². The van der Waals surface area contributed by atoms with Crippen molar-refractivity contribution in [2.24, 2.45) is 4.99 Å². The molecule has 45 heavy (non-hydrogen) atoms. The maximum Gasteiger partial charge on any atom is 0.573 e. The van der Waals surface area contributed by atoms with Gasteiger partial charge >= 0.3 is 12.4 Å². The zero-order valence-electron chi connectivity index (χ0n) is 24.7. The van der Waals surface area contributed by atoms with E-state index in [-0.39, 0.29) is 11.8 Å². The SMILES string of the molecule is CC(C)c1ccccc1N1C(=NC(=O)NC(C#N)c2ccc(-c3ncn(-c4ccc(OC(F)(F)F)cc4)n3)cc2)SCCC1C. The molecule has 1 aliphatic rings. The summed E-state index contributed by atoms with van der Waals surface area (Å²) in [4.78, 5) is 23.9. The van der Waals surface area contributed by atoms with E-state index in [2.05, 4.69) is 62.9 Å². The number of carbonyl (C=O) groups excluding carboxylic acids is 1. The summed E-state index contributed by atoms with van der Waals surface area (Å²) in [5, 5.41) is 17.6. The van der Waals surface area contributed by atoms with Gasteiger partial charge in [-0.1, -0.05) is 68.1 Å². The Balaban J connectivity index is 1.28. The van der Waals surface area contributed by atoms with Crippen LogP contribution in [-0.4, -0.2) is 44.1 Å². The Morgan fingerprint density at radius 1 is 1.11 bits per heavy atom. The number of aromatic nitrogens is 3. The van der Waals surface area contributed by atoms with Crippen molar-refractivity contribution >= 4 is 28.6 Å². The number of thioether (sulfide) groups is 1. The number of para-hydroxylation sites is 1. The van der Waals surface area contributed by atoms with E-state index >= 15 is 0 Å². The van der Waals surface area contributed by atoms with Crippen LogP contribution >= 0.6 is 11.8 Å². The van der Waals surface area contributed by atoms with Crippen molar-refractivity contribution in [3.63, 3.8) is 0 Å². The lowest BCUT2D eigenvalue weighted by molar-refractivity contribution is -0.274. The van der Waals surface area contributed by atoms with Crippen LogP contribution in [0.25, 0.3) is 17.1 Å². The number of benzene rings is 3. The highest BCUT2D eigenvalue weighted by atomic mass is 32.2. The molecule has 1 aromatic heterocycles. The average molecular weight is 634 g/mol. The number of nitrogens with one attached hydrogen (secondary N) is 1. The van der Waals surface area contributed by atoms with Gasteiger partial charge in [0.25, 0.3) is 0 Å². The van der Waals surface area contributed by atoms with Crippen molar-refractivity contribution in [1.82, 2.24) is 20.1 Å². The summed E-state index contributed by atoms with van der Waals surface area (Å²) in [5.41, 5.74) is 3.88. The number of nitriles is 1. The van der Waals surface area contributed by atoms with Gasteiger partial charge < -0.3 is 15.0 Å². The summed E-state index contributed by atoms with van der Waals surface area (Å²) in [5.74, 6) is 1.15. The Morgan fingerprint density at radius 2 is 1.82 bits per heavy atom. The molecule has 1 saturated heterocycles. The zero-order valence-corrected chi connectivity index (χ0v) is 25.5. The average Bonchev–Trinajstić information content (AvgIpc) is 3.50. The molecule has 2 atom stereocenters. The number of hydrogen-bond donors (Lipinski definition) is 1. The molecule has 0 radical (unpaired) electrons. The van der Waals surface area contributed by atoms with Crippen molar-refractivity contribution in [3.8, 4) is 28.9 Å². The van der Waals surface area contributed by atoms with Crippen LogP contribution in [0.15, 0.2) is 84.1 Å². The van der Waals surface area contributed by atoms with Gasteiger partial charge in [0.1, 0.15) is 18.1 Å². The van der Waals surface area contributed by atoms with E-state index in [1.807, 2.05) is 18.2 Å². The molecule has 1 aliphatic heterocycles. The number of rotatable bonds is 7. The van der Waals surface area contributed by atoms with E-state index in [9.17, 15) is 23.2 Å². The minimum Gasteiger partial charge on any atom is -0.406 e. The Kier molecular flexibility index (Phi) is 9.43. The number of amidine groups is 1. The van der Waals surface area contributed by atoms with Crippen LogP contribution in [0.4, 0.5) is 23.7 Å². The summed E-state index contributed by atoms with van der Waals surface area (Å²) in [6, 6.07) is 20.9. The largest absolute Gasteiger partial charge is 0.573 e. The predicted molar refractivity (Wildman–Crippen MR) is 167 cm³/mol. The number of aliphatic imine (C=N–C) groups is 1. The fourth-order valence-corrected chi connectivity index (χ4v) is 6.11. The molecule has 232 valence electrons. The third-order valence-corrected chi connectivity index (χ3v) is 8.14. The number of nitrogens with zero attached hydrogens (tertiary/aromatic N) is 6. The first-order valence-electron chi connectivity index (χ1n) is 14.2. The molecule has 1 fully saturated rings. The Hall–Kier alpha value is -4.83. The van der Waals surface area contributed by atoms with Crippen LogP contribution in [-0.2, 0) is 0 Å². The molecule has 0 saturated carbocycles. The second-order valence-corrected chi connectivity index (χ2v) is 11.7. The number of anilines is 1. The first-order chi connectivity index (χ1) is 21.5. The van der Waals surface area contributed by atoms with Gasteiger partial charge in [0.15, 0.2) is 11.0 Å². The van der Waals surface area contributed by atoms with E-state index in [1.165, 1.54) is 52.6 Å². The van der Waals surface area contributed by atoms with Crippen LogP contribution in [0.2, 0.25) is 0 Å². The summed E-state index contributed by atoms with van der Waals surface area (Å²) >= 11 is 1.52. The van der Waals surface area contributed by atoms with Crippen LogP contribution in [0, 0.1) is 11.3 Å². The number of hydrogen-bond acceptors (Lipinski definition) is 6. The van der Waals surface area contributed by atoms with Crippen molar-refractivity contribution < 1.29 is 22.7 Å². The van der Waals surface area contributed by atoms with Gasteiger partial charge in [-0.25, -0.2) is 14.5 Å². The minimum atomic E-state index is -4.77. The standard InChI is InChI=1S/C32H30F3N7O2S/c1-20(2)26-6-4-5-7-28(26)42-21(3)16-17-45-31(42)39-30(43)38-27(18-36)22-8-10-23(11-9-22)29-37-19-41(40-29)24-12-14-25(15-13-24)44-32(33,34)35/h4-15,19-21,27H,16-17H2,1-3H3,(H,38,43). The van der Waals surface area contributed by atoms with Gasteiger partial charge in [-0.3, -0.25) is 0 Å². The van der Waals surface area contributed by atoms with Gasteiger partial charge in [-0.2, -0.15) is 10.3 Å². The maximum atomic E-state index is 13.1. The van der Waals surface area contributed by atoms with E-state index in [0.717, 1.165) is 17.9 Å². The molecule has 13 heteroatoms. The highest BCUT2D eigenvalue weighted by molar-refractivity contribution is 8.14. The monoisotopic (exact) mass is 633 g/mol. The third-order valence-electron chi connectivity index (χ3n) is 7.15. The highest BCUT2D eigenvalue weighted by Gasteiger charge is 2.31. The van der Waals surface area contributed by atoms with E-state index < -0.39 is 18.4 Å². The van der Waals surface area contributed by atoms with Gasteiger partial charge in [0.05, 0.1) is 11.8 Å². The Labute approximate surface area is 262 Å². The minimum absolute atomic E-state index is 0.150. The van der Waals surface area contributed by atoms with Crippen molar-refractivity contribution in [2.45, 2.75) is 51.6 Å². The van der Waals surface area contributed by atoms with E-state index in [4.69, 9.17) is 0 Å². The molecule has 5 rings (SSSR count). The number of amides is 2. The van der Waals surface area contributed by atoms with Crippen molar-refractivity contribution in [2.75, 3.05) is 10.7 Å². The van der Waals surface area contributed by atoms with Crippen molar-refractivity contribution in [3.05, 3.63) is 90.3 Å². The lowest BCUT2D eigenvalue weighted by atomic mass is 9.99. The predicted octanol–water partition coefficient (Wildman–Crippen LogP) is 7.62. The molecule has 4 aromatic rings. The third kappa shape index (κ3) is 7.64. The first-order valence-corrected chi connectivity index (χ1v) is 15.2. The highest BCUT2D eigenvalue weighted by Crippen LogP contribution is 2.35. The Bertz CT molecular complexity index is 1710. The molecule has 3 aromatic carbocycles. The Morgan fingerprint density at radius 3 is 2.49 bits per heavy atom. The molecule has 1 N–H and O–H groups in total. The number of alkyl halides is 3. The van der Waals surface area contributed by atoms with Crippen molar-refractivity contribution in [1.29, 1.82) is 5.26 Å². The fraction of sp³-hybridized carbons (Fsp3) is 0.281. The molecule has 2 unspecified atom stereocenters. The number of urea groups is 1. The van der Waals surface area contributed by atoms with E-state index in [0.29, 0.717) is 33.7 Å². The second-order valence-electron chi connectivity index (χ2n) is 10.7. The molecular formula is C32H30F3N7O2S. The molecule has 2 amide bonds. The van der Waals surface area contributed by atoms with Gasteiger partial charge in [-0.05, 0) is 60.7 Å². The quantitative estimate of drug-likeness (QED) is 0.223. The van der Waals surface area contributed by atoms with Crippen LogP contribution in [0.3, 0.4) is 0 Å². The van der Waals surface area contributed by atoms with Crippen LogP contribution < -0.4 is 15.0 Å². The zero-order chi connectivity index (χ0) is 32.1. The lowest BCUT2D eigenvalue weighted by Gasteiger charge is -2.37. The van der Waals surface area contributed by atoms with Crippen LogP contribution in [0.5, 0.6) is 5.75 Å². The molecular weight excluding hydrogens is 603 g/mol. The first kappa shape index (κ1) is 31.6. The lowest BCUT2D eigenvalue weighted by Crippen LogP contribution is -2.42. The van der Waals surface area contributed by atoms with Gasteiger partial charge in [0, 0.05) is 23.0 Å². The topological polar surface area (TPSA) is 108 Å². The molecule has 0 spiro atoms. The van der Waals surface area contributed by atoms with Crippen LogP contribution in [0.1, 0.15) is 50.3 Å². The maximum absolute atomic E-state index is 13.1. The molecule has 9 nitrogen and oxygen atoms in total. The number of ether oxygens (including phenoxy) is 1. The molecule has 2 heterocycles. The number of carbonyl (C=O) groups is 1. The number of halogens is 3. The fourth-order valence-electron chi connectivity index (χ4n) is 4.91. The smallest absolute Gasteiger partial charge is 0.406 e.